The minimum absolute atomic E-state index is 0.758. The Balaban J connectivity index is 2.04. The SMILES string of the molecule is CCCCC1(C2CCCCCCC2)CCCCCCC1. The fraction of sp³-hybridized carbons (Fsp3) is 1.00. The molecule has 2 rings (SSSR count). The van der Waals surface area contributed by atoms with Gasteiger partial charge in [-0.15, -0.1) is 0 Å². The second-order valence-electron chi connectivity index (χ2n) is 7.78. The minimum Gasteiger partial charge on any atom is -0.0654 e. The first kappa shape index (κ1) is 16.4. The van der Waals surface area contributed by atoms with Gasteiger partial charge in [-0.05, 0) is 43.4 Å². The van der Waals surface area contributed by atoms with E-state index in [-0.39, 0.29) is 0 Å². The Kier molecular flexibility index (Phi) is 7.45. The largest absolute Gasteiger partial charge is 0.0654 e. The lowest BCUT2D eigenvalue weighted by Crippen LogP contribution is -2.32. The lowest BCUT2D eigenvalue weighted by molar-refractivity contribution is 0.0741. The zero-order valence-electron chi connectivity index (χ0n) is 14.1. The maximum Gasteiger partial charge on any atom is -0.0269 e. The average molecular weight is 279 g/mol. The van der Waals surface area contributed by atoms with Crippen molar-refractivity contribution in [2.24, 2.45) is 11.3 Å². The Labute approximate surface area is 128 Å². The third-order valence-electron chi connectivity index (χ3n) is 6.35. The topological polar surface area (TPSA) is 0 Å². The van der Waals surface area contributed by atoms with Gasteiger partial charge >= 0.3 is 0 Å². The molecule has 0 radical (unpaired) electrons. The van der Waals surface area contributed by atoms with Crippen LogP contribution < -0.4 is 0 Å². The smallest absolute Gasteiger partial charge is 0.0269 e. The van der Waals surface area contributed by atoms with Crippen LogP contribution in [0.4, 0.5) is 0 Å². The first-order valence-electron chi connectivity index (χ1n) is 9.87. The Morgan fingerprint density at radius 2 is 1.20 bits per heavy atom. The van der Waals surface area contributed by atoms with Crippen molar-refractivity contribution in [1.82, 2.24) is 0 Å². The monoisotopic (exact) mass is 278 g/mol. The molecule has 0 saturated heterocycles. The van der Waals surface area contributed by atoms with Crippen molar-refractivity contribution in [3.05, 3.63) is 0 Å². The fourth-order valence-electron chi connectivity index (χ4n) is 5.07. The second kappa shape index (κ2) is 9.11. The minimum atomic E-state index is 0.758. The first-order valence-corrected chi connectivity index (χ1v) is 9.87. The number of hydrogen-bond donors (Lipinski definition) is 0. The van der Waals surface area contributed by atoms with Crippen molar-refractivity contribution >= 4 is 0 Å². The summed E-state index contributed by atoms with van der Waals surface area (Å²) in [5.41, 5.74) is 0.758. The van der Waals surface area contributed by atoms with E-state index in [1.165, 1.54) is 77.0 Å². The zero-order chi connectivity index (χ0) is 14.1. The molecule has 0 aromatic carbocycles. The van der Waals surface area contributed by atoms with Gasteiger partial charge in [0.1, 0.15) is 0 Å². The molecule has 2 fully saturated rings. The second-order valence-corrected chi connectivity index (χ2v) is 7.78. The van der Waals surface area contributed by atoms with E-state index < -0.39 is 0 Å². The van der Waals surface area contributed by atoms with Crippen LogP contribution in [-0.2, 0) is 0 Å². The predicted molar refractivity (Wildman–Crippen MR) is 90.1 cm³/mol. The summed E-state index contributed by atoms with van der Waals surface area (Å²) in [6.45, 7) is 2.38. The third kappa shape index (κ3) is 4.78. The highest BCUT2D eigenvalue weighted by Crippen LogP contribution is 2.49. The summed E-state index contributed by atoms with van der Waals surface area (Å²) in [6.07, 6.45) is 25.9. The quantitative estimate of drug-likeness (QED) is 0.507. The predicted octanol–water partition coefficient (Wildman–Crippen LogP) is 7.27. The van der Waals surface area contributed by atoms with Gasteiger partial charge in [0, 0.05) is 0 Å². The van der Waals surface area contributed by atoms with Crippen LogP contribution in [0.15, 0.2) is 0 Å². The molecule has 118 valence electrons. The van der Waals surface area contributed by atoms with Crippen molar-refractivity contribution in [3.63, 3.8) is 0 Å². The maximum atomic E-state index is 2.38. The van der Waals surface area contributed by atoms with Crippen LogP contribution in [-0.4, -0.2) is 0 Å². The van der Waals surface area contributed by atoms with Gasteiger partial charge in [0.15, 0.2) is 0 Å². The molecular weight excluding hydrogens is 240 g/mol. The van der Waals surface area contributed by atoms with E-state index in [0.29, 0.717) is 0 Å². The molecule has 0 aromatic heterocycles. The Bertz CT molecular complexity index is 221. The van der Waals surface area contributed by atoms with E-state index in [0.717, 1.165) is 11.3 Å². The van der Waals surface area contributed by atoms with Crippen LogP contribution in [0.2, 0.25) is 0 Å². The highest BCUT2D eigenvalue weighted by atomic mass is 14.4. The Morgan fingerprint density at radius 1 is 0.700 bits per heavy atom. The molecule has 0 aromatic rings. The van der Waals surface area contributed by atoms with Crippen LogP contribution in [0.1, 0.15) is 116 Å². The van der Waals surface area contributed by atoms with Gasteiger partial charge in [-0.2, -0.15) is 0 Å². The molecule has 0 amide bonds. The van der Waals surface area contributed by atoms with Crippen LogP contribution >= 0.6 is 0 Å². The molecule has 0 heterocycles. The van der Waals surface area contributed by atoms with Crippen molar-refractivity contribution in [2.45, 2.75) is 116 Å². The maximum absolute atomic E-state index is 2.38. The summed E-state index contributed by atoms with van der Waals surface area (Å²) >= 11 is 0. The number of unbranched alkanes of at least 4 members (excludes halogenated alkanes) is 1. The highest BCUT2D eigenvalue weighted by molar-refractivity contribution is 4.88. The van der Waals surface area contributed by atoms with Crippen LogP contribution in [0.25, 0.3) is 0 Å². The Morgan fingerprint density at radius 3 is 1.75 bits per heavy atom. The van der Waals surface area contributed by atoms with Crippen LogP contribution in [0.3, 0.4) is 0 Å². The molecule has 0 bridgehead atoms. The van der Waals surface area contributed by atoms with Crippen molar-refractivity contribution in [1.29, 1.82) is 0 Å². The standard InChI is InChI=1S/C20H38/c1-2-3-16-20(17-12-8-5-9-13-18-20)19-14-10-6-4-7-11-15-19/h19H,2-18H2,1H3. The molecule has 2 saturated carbocycles. The van der Waals surface area contributed by atoms with Gasteiger partial charge < -0.3 is 0 Å². The summed E-state index contributed by atoms with van der Waals surface area (Å²) in [4.78, 5) is 0. The van der Waals surface area contributed by atoms with Crippen LogP contribution in [0.5, 0.6) is 0 Å². The highest BCUT2D eigenvalue weighted by Gasteiger charge is 2.37. The summed E-state index contributed by atoms with van der Waals surface area (Å²) in [5.74, 6) is 1.08. The van der Waals surface area contributed by atoms with Gasteiger partial charge in [-0.25, -0.2) is 0 Å². The molecule has 2 aliphatic carbocycles. The number of rotatable bonds is 4. The summed E-state index contributed by atoms with van der Waals surface area (Å²) in [7, 11) is 0. The van der Waals surface area contributed by atoms with E-state index in [1.807, 2.05) is 0 Å². The van der Waals surface area contributed by atoms with E-state index >= 15 is 0 Å². The normalized spacial score (nSPS) is 26.2. The molecule has 0 aliphatic heterocycles. The fourth-order valence-corrected chi connectivity index (χ4v) is 5.07. The van der Waals surface area contributed by atoms with Crippen molar-refractivity contribution in [3.8, 4) is 0 Å². The van der Waals surface area contributed by atoms with E-state index in [4.69, 9.17) is 0 Å². The van der Waals surface area contributed by atoms with Crippen molar-refractivity contribution < 1.29 is 0 Å². The van der Waals surface area contributed by atoms with Gasteiger partial charge in [0.2, 0.25) is 0 Å². The molecule has 0 heteroatoms. The average Bonchev–Trinajstić information content (AvgIpc) is 2.38. The summed E-state index contributed by atoms with van der Waals surface area (Å²) in [5, 5.41) is 0. The molecular formula is C20H38. The van der Waals surface area contributed by atoms with E-state index in [9.17, 15) is 0 Å². The lowest BCUT2D eigenvalue weighted by atomic mass is 9.62. The summed E-state index contributed by atoms with van der Waals surface area (Å²) in [6, 6.07) is 0. The molecule has 0 spiro atoms. The van der Waals surface area contributed by atoms with Gasteiger partial charge in [-0.1, -0.05) is 84.0 Å². The van der Waals surface area contributed by atoms with E-state index in [1.54, 1.807) is 32.1 Å². The number of hydrogen-bond acceptors (Lipinski definition) is 0. The van der Waals surface area contributed by atoms with E-state index in [2.05, 4.69) is 6.92 Å². The van der Waals surface area contributed by atoms with Gasteiger partial charge in [0.05, 0.1) is 0 Å². The summed E-state index contributed by atoms with van der Waals surface area (Å²) < 4.78 is 0. The molecule has 2 aliphatic rings. The van der Waals surface area contributed by atoms with Crippen LogP contribution in [0, 0.1) is 11.3 Å². The molecule has 0 unspecified atom stereocenters. The Hall–Kier alpha value is 0. The van der Waals surface area contributed by atoms with Gasteiger partial charge in [0.25, 0.3) is 0 Å². The third-order valence-corrected chi connectivity index (χ3v) is 6.35. The first-order chi connectivity index (χ1) is 9.87. The zero-order valence-corrected chi connectivity index (χ0v) is 14.1. The molecule has 0 N–H and O–H groups in total. The van der Waals surface area contributed by atoms with Crippen molar-refractivity contribution in [2.75, 3.05) is 0 Å². The molecule has 20 heavy (non-hydrogen) atoms. The molecule has 0 atom stereocenters. The molecule has 0 nitrogen and oxygen atoms in total. The lowest BCUT2D eigenvalue weighted by Gasteiger charge is -2.44. The van der Waals surface area contributed by atoms with Gasteiger partial charge in [-0.3, -0.25) is 0 Å².